The second-order valence-electron chi connectivity index (χ2n) is 7.17. The van der Waals surface area contributed by atoms with E-state index in [4.69, 9.17) is 11.6 Å². The smallest absolute Gasteiger partial charge is 0.362 e. The molecule has 0 fully saturated rings. The molecule has 1 aromatic heterocycles. The van der Waals surface area contributed by atoms with Crippen LogP contribution in [0.2, 0.25) is 5.02 Å². The molecule has 2 N–H and O–H groups in total. The number of fused-ring (bicyclic) bond motifs is 1. The maximum atomic E-state index is 13.8. The van der Waals surface area contributed by atoms with Crippen LogP contribution in [0.15, 0.2) is 54.6 Å². The van der Waals surface area contributed by atoms with Crippen LogP contribution in [-0.4, -0.2) is 21.9 Å². The van der Waals surface area contributed by atoms with Crippen LogP contribution in [0.3, 0.4) is 0 Å². The lowest BCUT2D eigenvalue weighted by Gasteiger charge is -2.33. The van der Waals surface area contributed by atoms with Gasteiger partial charge in [0.1, 0.15) is 16.7 Å². The average molecular weight is 453 g/mol. The maximum Gasteiger partial charge on any atom is 0.410 e. The van der Waals surface area contributed by atoms with E-state index in [1.54, 1.807) is 24.3 Å². The molecule has 0 saturated heterocycles. The SMILES string of the molecule is O=C(NCc1ccccc1)c1nn2c(c1Cl)N[C@@H](c1ccc(F)cc1)C[C@@H]2C(F)(F)F. The summed E-state index contributed by atoms with van der Waals surface area (Å²) in [7, 11) is 0. The predicted octanol–water partition coefficient (Wildman–Crippen LogP) is 5.27. The van der Waals surface area contributed by atoms with Gasteiger partial charge in [0.2, 0.25) is 0 Å². The van der Waals surface area contributed by atoms with E-state index in [0.717, 1.165) is 5.56 Å². The number of benzene rings is 2. The monoisotopic (exact) mass is 452 g/mol. The van der Waals surface area contributed by atoms with Gasteiger partial charge in [-0.1, -0.05) is 54.1 Å². The van der Waals surface area contributed by atoms with Gasteiger partial charge in [0.05, 0.1) is 6.04 Å². The molecule has 2 aromatic carbocycles. The summed E-state index contributed by atoms with van der Waals surface area (Å²) in [5.41, 5.74) is 0.988. The van der Waals surface area contributed by atoms with Crippen LogP contribution < -0.4 is 10.6 Å². The largest absolute Gasteiger partial charge is 0.410 e. The van der Waals surface area contributed by atoms with Gasteiger partial charge in [0.15, 0.2) is 11.7 Å². The fourth-order valence-corrected chi connectivity index (χ4v) is 3.78. The molecule has 3 aromatic rings. The minimum absolute atomic E-state index is 0.102. The molecular weight excluding hydrogens is 436 g/mol. The summed E-state index contributed by atoms with van der Waals surface area (Å²) < 4.78 is 55.3. The zero-order valence-corrected chi connectivity index (χ0v) is 16.7. The first-order chi connectivity index (χ1) is 14.7. The van der Waals surface area contributed by atoms with E-state index in [1.807, 2.05) is 6.07 Å². The molecule has 0 aliphatic carbocycles. The van der Waals surface area contributed by atoms with Gasteiger partial charge >= 0.3 is 6.18 Å². The maximum absolute atomic E-state index is 13.8. The number of rotatable bonds is 4. The van der Waals surface area contributed by atoms with E-state index >= 15 is 0 Å². The molecule has 1 amide bonds. The van der Waals surface area contributed by atoms with Gasteiger partial charge < -0.3 is 10.6 Å². The number of anilines is 1. The highest BCUT2D eigenvalue weighted by Gasteiger charge is 2.47. The molecule has 0 radical (unpaired) electrons. The number of halogens is 5. The summed E-state index contributed by atoms with van der Waals surface area (Å²) in [4.78, 5) is 12.6. The molecule has 1 aliphatic heterocycles. The van der Waals surface area contributed by atoms with Gasteiger partial charge in [0.25, 0.3) is 5.91 Å². The Balaban J connectivity index is 1.64. The highest BCUT2D eigenvalue weighted by Crippen LogP contribution is 2.46. The fourth-order valence-electron chi connectivity index (χ4n) is 3.51. The van der Waals surface area contributed by atoms with E-state index in [1.165, 1.54) is 24.3 Å². The Morgan fingerprint density at radius 3 is 2.48 bits per heavy atom. The molecule has 5 nitrogen and oxygen atoms in total. The molecular formula is C21H17ClF4N4O. The second kappa shape index (κ2) is 8.22. The van der Waals surface area contributed by atoms with Gasteiger partial charge in [-0.3, -0.25) is 4.79 Å². The Hall–Kier alpha value is -3.07. The summed E-state index contributed by atoms with van der Waals surface area (Å²) in [6.45, 7) is 0.173. The lowest BCUT2D eigenvalue weighted by Crippen LogP contribution is -2.36. The van der Waals surface area contributed by atoms with Gasteiger partial charge in [-0.15, -0.1) is 0 Å². The van der Waals surface area contributed by atoms with Crippen LogP contribution in [0.25, 0.3) is 0 Å². The third kappa shape index (κ3) is 4.36. The van der Waals surface area contributed by atoms with Crippen LogP contribution in [0.1, 0.15) is 40.1 Å². The first-order valence-electron chi connectivity index (χ1n) is 9.43. The van der Waals surface area contributed by atoms with Gasteiger partial charge in [-0.05, 0) is 23.3 Å². The summed E-state index contributed by atoms with van der Waals surface area (Å²) in [5, 5.41) is 9.22. The Kier molecular flexibility index (Phi) is 5.62. The van der Waals surface area contributed by atoms with Crippen molar-refractivity contribution in [1.29, 1.82) is 0 Å². The normalized spacial score (nSPS) is 18.2. The topological polar surface area (TPSA) is 59.0 Å². The zero-order chi connectivity index (χ0) is 22.2. The third-order valence-corrected chi connectivity index (χ3v) is 5.44. The van der Waals surface area contributed by atoms with Crippen molar-refractivity contribution in [3.05, 3.63) is 82.3 Å². The van der Waals surface area contributed by atoms with E-state index < -0.39 is 30.0 Å². The predicted molar refractivity (Wildman–Crippen MR) is 107 cm³/mol. The summed E-state index contributed by atoms with van der Waals surface area (Å²) in [6.07, 6.45) is -5.01. The molecule has 0 saturated carbocycles. The molecule has 0 spiro atoms. The summed E-state index contributed by atoms with van der Waals surface area (Å²) in [6, 6.07) is 11.4. The van der Waals surface area contributed by atoms with Crippen LogP contribution in [-0.2, 0) is 6.54 Å². The van der Waals surface area contributed by atoms with Crippen LogP contribution >= 0.6 is 11.6 Å². The van der Waals surface area contributed by atoms with E-state index in [9.17, 15) is 22.4 Å². The Bertz CT molecular complexity index is 1080. The van der Waals surface area contributed by atoms with Crippen molar-refractivity contribution in [2.24, 2.45) is 0 Å². The Morgan fingerprint density at radius 1 is 1.16 bits per heavy atom. The summed E-state index contributed by atoms with van der Waals surface area (Å²) in [5.74, 6) is -1.28. The number of amides is 1. The number of carbonyl (C=O) groups is 1. The fraction of sp³-hybridized carbons (Fsp3) is 0.238. The molecule has 162 valence electrons. The molecule has 1 aliphatic rings. The minimum Gasteiger partial charge on any atom is -0.362 e. The molecule has 0 unspecified atom stereocenters. The number of nitrogens with one attached hydrogen (secondary N) is 2. The molecule has 31 heavy (non-hydrogen) atoms. The van der Waals surface area contributed by atoms with Crippen LogP contribution in [0, 0.1) is 5.82 Å². The highest BCUT2D eigenvalue weighted by atomic mass is 35.5. The number of hydrogen-bond donors (Lipinski definition) is 2. The van der Waals surface area contributed by atoms with E-state index in [0.29, 0.717) is 10.2 Å². The van der Waals surface area contributed by atoms with Gasteiger partial charge in [0, 0.05) is 13.0 Å². The first-order valence-corrected chi connectivity index (χ1v) is 9.80. The average Bonchev–Trinajstić information content (AvgIpc) is 3.08. The molecule has 4 rings (SSSR count). The zero-order valence-electron chi connectivity index (χ0n) is 16.0. The van der Waals surface area contributed by atoms with Crippen molar-refractivity contribution in [3.8, 4) is 0 Å². The van der Waals surface area contributed by atoms with Crippen molar-refractivity contribution in [2.75, 3.05) is 5.32 Å². The quantitative estimate of drug-likeness (QED) is 0.530. The van der Waals surface area contributed by atoms with Crippen LogP contribution in [0.4, 0.5) is 23.4 Å². The number of alkyl halides is 3. The van der Waals surface area contributed by atoms with Crippen molar-refractivity contribution in [2.45, 2.75) is 31.2 Å². The highest BCUT2D eigenvalue weighted by molar-refractivity contribution is 6.36. The van der Waals surface area contributed by atoms with Crippen molar-refractivity contribution < 1.29 is 22.4 Å². The van der Waals surface area contributed by atoms with Crippen molar-refractivity contribution >= 4 is 23.3 Å². The molecule has 10 heteroatoms. The van der Waals surface area contributed by atoms with E-state index in [-0.39, 0.29) is 29.5 Å². The second-order valence-corrected chi connectivity index (χ2v) is 7.54. The van der Waals surface area contributed by atoms with Gasteiger partial charge in [-0.2, -0.15) is 18.3 Å². The van der Waals surface area contributed by atoms with Crippen molar-refractivity contribution in [1.82, 2.24) is 15.1 Å². The summed E-state index contributed by atoms with van der Waals surface area (Å²) >= 11 is 6.28. The van der Waals surface area contributed by atoms with E-state index in [2.05, 4.69) is 15.7 Å². The third-order valence-electron chi connectivity index (χ3n) is 5.08. The van der Waals surface area contributed by atoms with Gasteiger partial charge in [-0.25, -0.2) is 9.07 Å². The van der Waals surface area contributed by atoms with Crippen LogP contribution in [0.5, 0.6) is 0 Å². The Labute approximate surface area is 180 Å². The number of aromatic nitrogens is 2. The minimum atomic E-state index is -4.62. The number of nitrogens with zero attached hydrogens (tertiary/aromatic N) is 2. The standard InChI is InChI=1S/C21H17ClF4N4O/c22-17-18(20(31)27-11-12-4-2-1-3-5-12)29-30-16(21(24,25)26)10-15(28-19(17)30)13-6-8-14(23)9-7-13/h1-9,15-16,28H,10-11H2,(H,27,31)/t15-,16-/m1/s1. The van der Waals surface area contributed by atoms with Crippen molar-refractivity contribution in [3.63, 3.8) is 0 Å². The molecule has 2 atom stereocenters. The number of hydrogen-bond acceptors (Lipinski definition) is 3. The first kappa shape index (κ1) is 21.2. The molecule has 2 heterocycles. The lowest BCUT2D eigenvalue weighted by molar-refractivity contribution is -0.173. The molecule has 0 bridgehead atoms. The Morgan fingerprint density at radius 2 is 1.84 bits per heavy atom. The lowest BCUT2D eigenvalue weighted by atomic mass is 9.97. The number of carbonyl (C=O) groups excluding carboxylic acids is 1.